The van der Waals surface area contributed by atoms with Crippen LogP contribution in [0, 0.1) is 13.8 Å². The van der Waals surface area contributed by atoms with Crippen LogP contribution >= 0.6 is 0 Å². The van der Waals surface area contributed by atoms with Crippen LogP contribution in [0.25, 0.3) is 0 Å². The van der Waals surface area contributed by atoms with Gasteiger partial charge in [-0.05, 0) is 56.2 Å². The van der Waals surface area contributed by atoms with Gasteiger partial charge in [0.1, 0.15) is 0 Å². The highest BCUT2D eigenvalue weighted by Crippen LogP contribution is 2.26. The van der Waals surface area contributed by atoms with Crippen LogP contribution < -0.4 is 16.0 Å². The van der Waals surface area contributed by atoms with Gasteiger partial charge in [0.25, 0.3) is 0 Å². The van der Waals surface area contributed by atoms with E-state index in [2.05, 4.69) is 16.0 Å². The highest BCUT2D eigenvalue weighted by Gasteiger charge is 2.19. The molecule has 2 aromatic carbocycles. The second kappa shape index (κ2) is 9.07. The molecule has 8 heteroatoms. The van der Waals surface area contributed by atoms with E-state index < -0.39 is 10.0 Å². The summed E-state index contributed by atoms with van der Waals surface area (Å²) < 4.78 is 26.0. The second-order valence-electron chi connectivity index (χ2n) is 6.67. The van der Waals surface area contributed by atoms with Gasteiger partial charge in [-0.2, -0.15) is 0 Å². The van der Waals surface area contributed by atoms with Crippen LogP contribution in [-0.2, 0) is 14.8 Å². The largest absolute Gasteiger partial charge is 0.384 e. The second-order valence-corrected chi connectivity index (χ2v) is 8.83. The maximum atomic E-state index is 12.4. The molecule has 28 heavy (non-hydrogen) atoms. The van der Waals surface area contributed by atoms with Crippen LogP contribution in [-0.4, -0.2) is 45.8 Å². The Morgan fingerprint density at radius 1 is 1.00 bits per heavy atom. The lowest BCUT2D eigenvalue weighted by Crippen LogP contribution is -2.24. The summed E-state index contributed by atoms with van der Waals surface area (Å²) in [4.78, 5) is 12.6. The van der Waals surface area contributed by atoms with Crippen molar-refractivity contribution in [3.8, 4) is 0 Å². The average molecular weight is 405 g/mol. The van der Waals surface area contributed by atoms with Crippen molar-refractivity contribution in [2.45, 2.75) is 25.7 Å². The third-order valence-electron chi connectivity index (χ3n) is 4.45. The number of anilines is 3. The predicted octanol–water partition coefficient (Wildman–Crippen LogP) is 3.04. The van der Waals surface area contributed by atoms with Crippen LogP contribution in [0.4, 0.5) is 17.1 Å². The van der Waals surface area contributed by atoms with E-state index in [0.717, 1.165) is 26.8 Å². The number of rotatable bonds is 8. The Morgan fingerprint density at radius 3 is 2.36 bits per heavy atom. The first kappa shape index (κ1) is 21.7. The Kier molecular flexibility index (Phi) is 7.04. The van der Waals surface area contributed by atoms with Crippen LogP contribution in [0.1, 0.15) is 18.1 Å². The molecule has 3 N–H and O–H groups in total. The van der Waals surface area contributed by atoms with Crippen molar-refractivity contribution in [2.75, 3.05) is 43.1 Å². The molecule has 7 nitrogen and oxygen atoms in total. The molecule has 0 saturated heterocycles. The Balaban J connectivity index is 2.19. The van der Waals surface area contributed by atoms with Crippen molar-refractivity contribution < 1.29 is 13.2 Å². The van der Waals surface area contributed by atoms with Gasteiger partial charge in [0, 0.05) is 26.3 Å². The first-order valence-electron chi connectivity index (χ1n) is 9.07. The van der Waals surface area contributed by atoms with Crippen LogP contribution in [0.2, 0.25) is 0 Å². The van der Waals surface area contributed by atoms with E-state index in [-0.39, 0.29) is 17.3 Å². The topological polar surface area (TPSA) is 90.5 Å². The van der Waals surface area contributed by atoms with E-state index in [1.54, 1.807) is 18.2 Å². The first-order valence-corrected chi connectivity index (χ1v) is 10.5. The van der Waals surface area contributed by atoms with Gasteiger partial charge >= 0.3 is 0 Å². The first-order chi connectivity index (χ1) is 13.2. The minimum atomic E-state index is -3.56. The minimum absolute atomic E-state index is 0.0112. The Labute approximate surface area is 167 Å². The molecule has 0 fully saturated rings. The molecular weight excluding hydrogens is 376 g/mol. The number of aryl methyl sites for hydroxylation is 1. The van der Waals surface area contributed by atoms with Gasteiger partial charge in [-0.25, -0.2) is 12.7 Å². The van der Waals surface area contributed by atoms with E-state index in [4.69, 9.17) is 0 Å². The molecule has 0 atom stereocenters. The maximum absolute atomic E-state index is 12.4. The Bertz CT molecular complexity index is 956. The van der Waals surface area contributed by atoms with E-state index in [0.29, 0.717) is 12.2 Å². The summed E-state index contributed by atoms with van der Waals surface area (Å²) in [7, 11) is -0.595. The summed E-state index contributed by atoms with van der Waals surface area (Å²) in [5.41, 5.74) is 4.17. The fourth-order valence-corrected chi connectivity index (χ4v) is 3.57. The SMILES string of the molecule is CCNc1ccc(S(=O)(=O)N(C)C)cc1NCC(=O)Nc1cccc(C)c1C. The number of hydrogen-bond donors (Lipinski definition) is 3. The lowest BCUT2D eigenvalue weighted by Gasteiger charge is -2.17. The molecule has 0 aliphatic rings. The van der Waals surface area contributed by atoms with E-state index >= 15 is 0 Å². The maximum Gasteiger partial charge on any atom is 0.243 e. The zero-order valence-electron chi connectivity index (χ0n) is 17.0. The smallest absolute Gasteiger partial charge is 0.243 e. The molecular formula is C20H28N4O3S. The fraction of sp³-hybridized carbons (Fsp3) is 0.350. The lowest BCUT2D eigenvalue weighted by molar-refractivity contribution is -0.114. The molecule has 0 saturated carbocycles. The molecule has 152 valence electrons. The summed E-state index contributed by atoms with van der Waals surface area (Å²) in [6.45, 7) is 6.57. The molecule has 0 heterocycles. The summed E-state index contributed by atoms with van der Waals surface area (Å²) in [5.74, 6) is -0.211. The highest BCUT2D eigenvalue weighted by atomic mass is 32.2. The van der Waals surface area contributed by atoms with E-state index in [1.807, 2.05) is 39.0 Å². The normalized spacial score (nSPS) is 11.4. The van der Waals surface area contributed by atoms with Crippen molar-refractivity contribution in [1.82, 2.24) is 4.31 Å². The van der Waals surface area contributed by atoms with Gasteiger partial charge in [0.2, 0.25) is 15.9 Å². The monoisotopic (exact) mass is 404 g/mol. The fourth-order valence-electron chi connectivity index (χ4n) is 2.64. The quantitative estimate of drug-likeness (QED) is 0.629. The number of amides is 1. The number of sulfonamides is 1. The molecule has 1 amide bonds. The van der Waals surface area contributed by atoms with Gasteiger partial charge < -0.3 is 16.0 Å². The zero-order valence-corrected chi connectivity index (χ0v) is 17.8. The molecule has 0 unspecified atom stereocenters. The minimum Gasteiger partial charge on any atom is -0.384 e. The van der Waals surface area contributed by atoms with Crippen molar-refractivity contribution in [3.05, 3.63) is 47.5 Å². The summed E-state index contributed by atoms with van der Waals surface area (Å²) in [6, 6.07) is 10.5. The highest BCUT2D eigenvalue weighted by molar-refractivity contribution is 7.89. The van der Waals surface area contributed by atoms with Gasteiger partial charge in [-0.3, -0.25) is 4.79 Å². The standard InChI is InChI=1S/C20H28N4O3S/c1-6-21-18-11-10-16(28(26,27)24(4)5)12-19(18)22-13-20(25)23-17-9-7-8-14(2)15(17)3/h7-12,21-22H,6,13H2,1-5H3,(H,23,25). The van der Waals surface area contributed by atoms with E-state index in [1.165, 1.54) is 14.1 Å². The van der Waals surface area contributed by atoms with Crippen molar-refractivity contribution in [1.29, 1.82) is 0 Å². The molecule has 2 rings (SSSR count). The number of carbonyl (C=O) groups excluding carboxylic acids is 1. The lowest BCUT2D eigenvalue weighted by atomic mass is 10.1. The molecule has 0 aliphatic carbocycles. The molecule has 2 aromatic rings. The predicted molar refractivity (Wildman–Crippen MR) is 115 cm³/mol. The number of nitrogens with one attached hydrogen (secondary N) is 3. The van der Waals surface area contributed by atoms with E-state index in [9.17, 15) is 13.2 Å². The van der Waals surface area contributed by atoms with Crippen molar-refractivity contribution in [3.63, 3.8) is 0 Å². The average Bonchev–Trinajstić information content (AvgIpc) is 2.64. The van der Waals surface area contributed by atoms with Gasteiger partial charge in [0.05, 0.1) is 22.8 Å². The number of benzene rings is 2. The van der Waals surface area contributed by atoms with Crippen LogP contribution in [0.15, 0.2) is 41.3 Å². The van der Waals surface area contributed by atoms with Gasteiger partial charge in [0.15, 0.2) is 0 Å². The molecule has 0 bridgehead atoms. The van der Waals surface area contributed by atoms with Crippen LogP contribution in [0.3, 0.4) is 0 Å². The Hall–Kier alpha value is -2.58. The molecule has 0 aromatic heterocycles. The summed E-state index contributed by atoms with van der Waals surface area (Å²) in [5, 5.41) is 9.10. The van der Waals surface area contributed by atoms with Crippen molar-refractivity contribution >= 4 is 33.0 Å². The molecule has 0 radical (unpaired) electrons. The molecule has 0 spiro atoms. The number of carbonyl (C=O) groups is 1. The Morgan fingerprint density at radius 2 is 1.71 bits per heavy atom. The third-order valence-corrected chi connectivity index (χ3v) is 6.27. The van der Waals surface area contributed by atoms with Crippen LogP contribution in [0.5, 0.6) is 0 Å². The number of hydrogen-bond acceptors (Lipinski definition) is 5. The molecule has 0 aliphatic heterocycles. The summed E-state index contributed by atoms with van der Waals surface area (Å²) >= 11 is 0. The number of nitrogens with zero attached hydrogens (tertiary/aromatic N) is 1. The zero-order chi connectivity index (χ0) is 20.9. The van der Waals surface area contributed by atoms with Gasteiger partial charge in [-0.1, -0.05) is 12.1 Å². The summed E-state index contributed by atoms with van der Waals surface area (Å²) in [6.07, 6.45) is 0. The van der Waals surface area contributed by atoms with Gasteiger partial charge in [-0.15, -0.1) is 0 Å². The van der Waals surface area contributed by atoms with Crippen molar-refractivity contribution in [2.24, 2.45) is 0 Å². The third kappa shape index (κ3) is 5.02.